The zero-order chi connectivity index (χ0) is 17.9. The molecule has 26 heavy (non-hydrogen) atoms. The lowest BCUT2D eigenvalue weighted by atomic mass is 10.1. The van der Waals surface area contributed by atoms with Gasteiger partial charge in [-0.1, -0.05) is 25.0 Å². The first kappa shape index (κ1) is 16.6. The van der Waals surface area contributed by atoms with Crippen LogP contribution in [0.2, 0.25) is 0 Å². The van der Waals surface area contributed by atoms with Gasteiger partial charge in [0.05, 0.1) is 24.5 Å². The maximum Gasteiger partial charge on any atom is 0.251 e. The molecule has 1 heterocycles. The summed E-state index contributed by atoms with van der Waals surface area (Å²) in [5.41, 5.74) is 3.67. The van der Waals surface area contributed by atoms with Crippen molar-refractivity contribution in [1.29, 1.82) is 0 Å². The van der Waals surface area contributed by atoms with Gasteiger partial charge in [-0.05, 0) is 48.7 Å². The molecule has 1 aliphatic carbocycles. The normalized spacial score (nSPS) is 14.7. The fourth-order valence-corrected chi connectivity index (χ4v) is 3.67. The van der Waals surface area contributed by atoms with E-state index in [0.29, 0.717) is 18.2 Å². The molecule has 134 valence electrons. The van der Waals surface area contributed by atoms with Crippen molar-refractivity contribution in [1.82, 2.24) is 14.9 Å². The number of methoxy groups -OCH3 is 1. The van der Waals surface area contributed by atoms with E-state index in [1.807, 2.05) is 48.8 Å². The van der Waals surface area contributed by atoms with Gasteiger partial charge in [0.2, 0.25) is 0 Å². The molecule has 0 aliphatic heterocycles. The third-order valence-electron chi connectivity index (χ3n) is 5.17. The van der Waals surface area contributed by atoms with Crippen LogP contribution in [0.25, 0.3) is 11.0 Å². The molecule has 0 radical (unpaired) electrons. The fraction of sp³-hybridized carbons (Fsp3) is 0.333. The predicted octanol–water partition coefficient (Wildman–Crippen LogP) is 4.09. The number of imidazole rings is 1. The number of aromatic nitrogens is 2. The molecule has 5 nitrogen and oxygen atoms in total. The van der Waals surface area contributed by atoms with E-state index in [9.17, 15) is 4.79 Å². The van der Waals surface area contributed by atoms with Crippen molar-refractivity contribution in [2.75, 3.05) is 7.11 Å². The summed E-state index contributed by atoms with van der Waals surface area (Å²) in [6.45, 7) is 0.484. The molecule has 1 amide bonds. The first-order valence-corrected chi connectivity index (χ1v) is 9.12. The van der Waals surface area contributed by atoms with Gasteiger partial charge in [-0.3, -0.25) is 4.79 Å². The van der Waals surface area contributed by atoms with E-state index in [1.54, 1.807) is 7.11 Å². The van der Waals surface area contributed by atoms with Gasteiger partial charge in [-0.15, -0.1) is 0 Å². The zero-order valence-corrected chi connectivity index (χ0v) is 14.9. The number of rotatable bonds is 5. The van der Waals surface area contributed by atoms with E-state index in [0.717, 1.165) is 22.3 Å². The topological polar surface area (TPSA) is 56.1 Å². The Labute approximate surface area is 153 Å². The van der Waals surface area contributed by atoms with Crippen molar-refractivity contribution >= 4 is 16.9 Å². The second-order valence-corrected chi connectivity index (χ2v) is 6.82. The average Bonchev–Trinajstić information content (AvgIpc) is 3.35. The summed E-state index contributed by atoms with van der Waals surface area (Å²) >= 11 is 0. The highest BCUT2D eigenvalue weighted by atomic mass is 16.5. The van der Waals surface area contributed by atoms with Crippen molar-refractivity contribution in [3.05, 3.63) is 59.9 Å². The van der Waals surface area contributed by atoms with E-state index >= 15 is 0 Å². The molecule has 5 heteroatoms. The van der Waals surface area contributed by atoms with Gasteiger partial charge in [0, 0.05) is 18.2 Å². The van der Waals surface area contributed by atoms with Gasteiger partial charge < -0.3 is 14.6 Å². The predicted molar refractivity (Wildman–Crippen MR) is 101 cm³/mol. The van der Waals surface area contributed by atoms with Crippen LogP contribution in [-0.4, -0.2) is 22.6 Å². The summed E-state index contributed by atoms with van der Waals surface area (Å²) in [6.07, 6.45) is 6.93. The Kier molecular flexibility index (Phi) is 4.61. The molecule has 1 aromatic heterocycles. The summed E-state index contributed by atoms with van der Waals surface area (Å²) in [5, 5.41) is 2.96. The number of carbonyl (C=O) groups is 1. The third-order valence-corrected chi connectivity index (χ3v) is 5.17. The van der Waals surface area contributed by atoms with Crippen LogP contribution in [0.4, 0.5) is 0 Å². The number of fused-ring (bicyclic) bond motifs is 1. The zero-order valence-electron chi connectivity index (χ0n) is 14.9. The van der Waals surface area contributed by atoms with E-state index in [2.05, 4.69) is 14.9 Å². The molecule has 1 fully saturated rings. The van der Waals surface area contributed by atoms with Gasteiger partial charge in [0.1, 0.15) is 5.75 Å². The monoisotopic (exact) mass is 349 g/mol. The quantitative estimate of drug-likeness (QED) is 0.755. The van der Waals surface area contributed by atoms with Crippen LogP contribution < -0.4 is 10.1 Å². The summed E-state index contributed by atoms with van der Waals surface area (Å²) in [5.74, 6) is 0.724. The van der Waals surface area contributed by atoms with Crippen LogP contribution in [0.15, 0.2) is 48.8 Å². The number of hydrogen-bond donors (Lipinski definition) is 1. The van der Waals surface area contributed by atoms with Crippen molar-refractivity contribution in [2.24, 2.45) is 0 Å². The molecule has 4 rings (SSSR count). The minimum atomic E-state index is -0.0851. The number of carbonyl (C=O) groups excluding carboxylic acids is 1. The number of hydrogen-bond acceptors (Lipinski definition) is 3. The maximum absolute atomic E-state index is 12.5. The van der Waals surface area contributed by atoms with Crippen molar-refractivity contribution in [2.45, 2.75) is 38.3 Å². The Hall–Kier alpha value is -2.82. The highest BCUT2D eigenvalue weighted by Gasteiger charge is 2.19. The minimum Gasteiger partial charge on any atom is -0.497 e. The first-order valence-electron chi connectivity index (χ1n) is 9.12. The maximum atomic E-state index is 12.5. The lowest BCUT2D eigenvalue weighted by Gasteiger charge is -2.12. The van der Waals surface area contributed by atoms with Crippen LogP contribution in [0, 0.1) is 0 Å². The van der Waals surface area contributed by atoms with Crippen molar-refractivity contribution in [3.8, 4) is 5.75 Å². The van der Waals surface area contributed by atoms with Crippen molar-refractivity contribution in [3.63, 3.8) is 0 Å². The van der Waals surface area contributed by atoms with Crippen LogP contribution >= 0.6 is 0 Å². The van der Waals surface area contributed by atoms with Crippen LogP contribution in [0.1, 0.15) is 47.6 Å². The molecule has 0 saturated heterocycles. The summed E-state index contributed by atoms with van der Waals surface area (Å²) < 4.78 is 7.41. The van der Waals surface area contributed by atoms with Crippen LogP contribution in [-0.2, 0) is 6.54 Å². The Morgan fingerprint density at radius 1 is 1.19 bits per heavy atom. The third kappa shape index (κ3) is 3.29. The number of nitrogens with zero attached hydrogens (tertiary/aromatic N) is 2. The molecule has 1 aliphatic rings. The molecule has 1 N–H and O–H groups in total. The number of ether oxygens (including phenoxy) is 1. The Bertz CT molecular complexity index is 909. The molecule has 2 aromatic carbocycles. The van der Waals surface area contributed by atoms with Gasteiger partial charge >= 0.3 is 0 Å². The Balaban J connectivity index is 1.46. The standard InChI is InChI=1S/C21H23N3O2/c1-26-18-9-6-15(7-10-18)13-22-21(25)16-8-11-20-19(12-16)23-14-24(20)17-4-2-3-5-17/h6-12,14,17H,2-5,13H2,1H3,(H,22,25). The van der Waals surface area contributed by atoms with Gasteiger partial charge in [0.15, 0.2) is 0 Å². The number of benzene rings is 2. The number of amides is 1. The molecular weight excluding hydrogens is 326 g/mol. The summed E-state index contributed by atoms with van der Waals surface area (Å²) in [4.78, 5) is 17.0. The summed E-state index contributed by atoms with van der Waals surface area (Å²) in [7, 11) is 1.64. The largest absolute Gasteiger partial charge is 0.497 e. The van der Waals surface area contributed by atoms with Crippen LogP contribution in [0.3, 0.4) is 0 Å². The lowest BCUT2D eigenvalue weighted by molar-refractivity contribution is 0.0951. The van der Waals surface area contributed by atoms with E-state index in [4.69, 9.17) is 4.74 Å². The second kappa shape index (κ2) is 7.20. The van der Waals surface area contributed by atoms with E-state index < -0.39 is 0 Å². The molecule has 1 saturated carbocycles. The molecular formula is C21H23N3O2. The SMILES string of the molecule is COc1ccc(CNC(=O)c2ccc3c(c2)ncn3C2CCCC2)cc1. The Morgan fingerprint density at radius 2 is 1.96 bits per heavy atom. The first-order chi connectivity index (χ1) is 12.7. The molecule has 0 atom stereocenters. The second-order valence-electron chi connectivity index (χ2n) is 6.82. The fourth-order valence-electron chi connectivity index (χ4n) is 3.67. The molecule has 0 spiro atoms. The Morgan fingerprint density at radius 3 is 2.69 bits per heavy atom. The molecule has 0 unspecified atom stereocenters. The lowest BCUT2D eigenvalue weighted by Crippen LogP contribution is -2.22. The average molecular weight is 349 g/mol. The van der Waals surface area contributed by atoms with Crippen LogP contribution in [0.5, 0.6) is 5.75 Å². The van der Waals surface area contributed by atoms with Gasteiger partial charge in [-0.25, -0.2) is 4.98 Å². The number of nitrogens with one attached hydrogen (secondary N) is 1. The highest BCUT2D eigenvalue weighted by Crippen LogP contribution is 2.32. The van der Waals surface area contributed by atoms with E-state index in [1.165, 1.54) is 25.7 Å². The highest BCUT2D eigenvalue weighted by molar-refractivity contribution is 5.97. The van der Waals surface area contributed by atoms with Gasteiger partial charge in [0.25, 0.3) is 5.91 Å². The molecule has 3 aromatic rings. The molecule has 0 bridgehead atoms. The van der Waals surface area contributed by atoms with Crippen molar-refractivity contribution < 1.29 is 9.53 Å². The smallest absolute Gasteiger partial charge is 0.251 e. The van der Waals surface area contributed by atoms with E-state index in [-0.39, 0.29) is 5.91 Å². The summed E-state index contributed by atoms with van der Waals surface area (Å²) in [6, 6.07) is 14.0. The van der Waals surface area contributed by atoms with Gasteiger partial charge in [-0.2, -0.15) is 0 Å². The minimum absolute atomic E-state index is 0.0851.